The highest BCUT2D eigenvalue weighted by Crippen LogP contribution is 2.27. The number of nitrogens with one attached hydrogen (secondary N) is 2. The predicted octanol–water partition coefficient (Wildman–Crippen LogP) is 0.971. The lowest BCUT2D eigenvalue weighted by Gasteiger charge is -2.06. The molecular weight excluding hydrogens is 236 g/mol. The summed E-state index contributed by atoms with van der Waals surface area (Å²) in [5.41, 5.74) is 0.729. The van der Waals surface area contributed by atoms with Gasteiger partial charge in [0.15, 0.2) is 11.5 Å². The Hall–Kier alpha value is -2.50. The van der Waals surface area contributed by atoms with Crippen LogP contribution in [0.25, 0.3) is 6.08 Å². The minimum absolute atomic E-state index is 0.0177. The second-order valence-electron chi connectivity index (χ2n) is 3.63. The van der Waals surface area contributed by atoms with Gasteiger partial charge in [-0.05, 0) is 30.7 Å². The molecule has 1 aromatic carbocycles. The number of carbonyl (C=O) groups excluding carboxylic acids is 2. The Morgan fingerprint density at radius 2 is 2.11 bits per heavy atom. The summed E-state index contributed by atoms with van der Waals surface area (Å²) < 4.78 is 5.18. The van der Waals surface area contributed by atoms with Gasteiger partial charge in [0.25, 0.3) is 5.91 Å². The number of aromatic hydroxyl groups is 1. The highest BCUT2D eigenvalue weighted by Gasteiger charge is 2.22. The van der Waals surface area contributed by atoms with E-state index in [9.17, 15) is 14.7 Å². The first-order valence-corrected chi connectivity index (χ1v) is 5.40. The molecule has 6 nitrogen and oxygen atoms in total. The zero-order valence-electron chi connectivity index (χ0n) is 9.69. The van der Waals surface area contributed by atoms with Crippen molar-refractivity contribution in [2.75, 3.05) is 6.61 Å². The Kier molecular flexibility index (Phi) is 3.18. The molecule has 0 saturated carbocycles. The molecule has 6 heteroatoms. The largest absolute Gasteiger partial charge is 0.504 e. The molecule has 94 valence electrons. The fourth-order valence-corrected chi connectivity index (χ4v) is 1.55. The standard InChI is InChI=1S/C12H12N2O4/c1-2-18-10-4-3-7(6-9(10)15)5-8-11(16)14-12(17)13-8/h3-6,15H,2H2,1H3,(H2,13,14,16,17). The molecule has 0 radical (unpaired) electrons. The topological polar surface area (TPSA) is 87.7 Å². The Balaban J connectivity index is 2.25. The molecule has 1 aliphatic rings. The van der Waals surface area contributed by atoms with Crippen LogP contribution in [0.5, 0.6) is 11.5 Å². The van der Waals surface area contributed by atoms with Crippen molar-refractivity contribution in [2.24, 2.45) is 0 Å². The molecule has 3 amide bonds. The Morgan fingerprint density at radius 1 is 1.33 bits per heavy atom. The number of carbonyl (C=O) groups is 2. The number of phenols is 1. The van der Waals surface area contributed by atoms with Gasteiger partial charge in [-0.3, -0.25) is 10.1 Å². The first-order valence-electron chi connectivity index (χ1n) is 5.40. The number of amides is 3. The quantitative estimate of drug-likeness (QED) is 0.549. The van der Waals surface area contributed by atoms with Crippen molar-refractivity contribution in [1.29, 1.82) is 0 Å². The van der Waals surface area contributed by atoms with Crippen molar-refractivity contribution in [3.63, 3.8) is 0 Å². The smallest absolute Gasteiger partial charge is 0.326 e. The normalized spacial score (nSPS) is 16.6. The first-order chi connectivity index (χ1) is 8.60. The van der Waals surface area contributed by atoms with E-state index in [1.165, 1.54) is 12.1 Å². The lowest BCUT2D eigenvalue weighted by Crippen LogP contribution is -2.22. The number of urea groups is 1. The molecule has 0 atom stereocenters. The number of hydrogen-bond donors (Lipinski definition) is 3. The van der Waals surface area contributed by atoms with Crippen molar-refractivity contribution in [1.82, 2.24) is 10.6 Å². The number of phenolic OH excluding ortho intramolecular Hbond substituents is 1. The van der Waals surface area contributed by atoms with Gasteiger partial charge < -0.3 is 15.2 Å². The summed E-state index contributed by atoms with van der Waals surface area (Å²) in [6.07, 6.45) is 1.47. The third kappa shape index (κ3) is 2.42. The second kappa shape index (κ2) is 4.79. The van der Waals surface area contributed by atoms with Gasteiger partial charge >= 0.3 is 6.03 Å². The Bertz CT molecular complexity index is 537. The predicted molar refractivity (Wildman–Crippen MR) is 63.9 cm³/mol. The molecule has 1 saturated heterocycles. The van der Waals surface area contributed by atoms with Gasteiger partial charge in [0.2, 0.25) is 0 Å². The van der Waals surface area contributed by atoms with E-state index in [-0.39, 0.29) is 11.4 Å². The molecule has 0 spiro atoms. The molecule has 0 aromatic heterocycles. The van der Waals surface area contributed by atoms with Crippen LogP contribution >= 0.6 is 0 Å². The fourth-order valence-electron chi connectivity index (χ4n) is 1.55. The van der Waals surface area contributed by atoms with E-state index in [2.05, 4.69) is 10.6 Å². The van der Waals surface area contributed by atoms with Crippen LogP contribution in [-0.2, 0) is 4.79 Å². The van der Waals surface area contributed by atoms with Crippen molar-refractivity contribution >= 4 is 18.0 Å². The molecule has 1 aromatic rings. The Labute approximate surface area is 103 Å². The van der Waals surface area contributed by atoms with Crippen LogP contribution in [0, 0.1) is 0 Å². The van der Waals surface area contributed by atoms with Gasteiger partial charge in [-0.1, -0.05) is 6.07 Å². The molecule has 18 heavy (non-hydrogen) atoms. The Morgan fingerprint density at radius 3 is 2.67 bits per heavy atom. The lowest BCUT2D eigenvalue weighted by molar-refractivity contribution is -0.115. The van der Waals surface area contributed by atoms with Crippen LogP contribution < -0.4 is 15.4 Å². The summed E-state index contributed by atoms with van der Waals surface area (Å²) >= 11 is 0. The highest BCUT2D eigenvalue weighted by atomic mass is 16.5. The molecule has 0 bridgehead atoms. The lowest BCUT2D eigenvalue weighted by atomic mass is 10.1. The minimum atomic E-state index is -0.554. The van der Waals surface area contributed by atoms with Crippen molar-refractivity contribution in [3.05, 3.63) is 29.5 Å². The molecule has 3 N–H and O–H groups in total. The molecular formula is C12H12N2O4. The van der Waals surface area contributed by atoms with E-state index in [1.54, 1.807) is 12.1 Å². The maximum absolute atomic E-state index is 11.3. The highest BCUT2D eigenvalue weighted by molar-refractivity contribution is 6.13. The van der Waals surface area contributed by atoms with Crippen LogP contribution in [0.4, 0.5) is 4.79 Å². The van der Waals surface area contributed by atoms with Gasteiger partial charge in [-0.2, -0.15) is 0 Å². The summed E-state index contributed by atoms with van der Waals surface area (Å²) in [6, 6.07) is 4.17. The first kappa shape index (κ1) is 12.0. The van der Waals surface area contributed by atoms with E-state index < -0.39 is 11.9 Å². The van der Waals surface area contributed by atoms with E-state index in [1.807, 2.05) is 6.92 Å². The maximum Gasteiger partial charge on any atom is 0.326 e. The summed E-state index contributed by atoms with van der Waals surface area (Å²) in [4.78, 5) is 22.2. The van der Waals surface area contributed by atoms with E-state index in [4.69, 9.17) is 4.74 Å². The third-order valence-corrected chi connectivity index (χ3v) is 2.31. The van der Waals surface area contributed by atoms with E-state index >= 15 is 0 Å². The van der Waals surface area contributed by atoms with Gasteiger partial charge in [0, 0.05) is 0 Å². The van der Waals surface area contributed by atoms with Crippen molar-refractivity contribution in [2.45, 2.75) is 6.92 Å². The maximum atomic E-state index is 11.3. The summed E-state index contributed by atoms with van der Waals surface area (Å²) in [5.74, 6) is -0.135. The van der Waals surface area contributed by atoms with Gasteiger partial charge in [0.1, 0.15) is 5.70 Å². The summed E-state index contributed by atoms with van der Waals surface area (Å²) in [6.45, 7) is 2.26. The van der Waals surface area contributed by atoms with Crippen LogP contribution in [0.15, 0.2) is 23.9 Å². The number of imide groups is 1. The van der Waals surface area contributed by atoms with E-state index in [0.29, 0.717) is 17.9 Å². The van der Waals surface area contributed by atoms with Crippen LogP contribution in [-0.4, -0.2) is 23.7 Å². The van der Waals surface area contributed by atoms with Crippen molar-refractivity contribution in [3.8, 4) is 11.5 Å². The monoisotopic (exact) mass is 248 g/mol. The van der Waals surface area contributed by atoms with Gasteiger partial charge in [-0.25, -0.2) is 4.79 Å². The molecule has 1 aliphatic heterocycles. The minimum Gasteiger partial charge on any atom is -0.504 e. The van der Waals surface area contributed by atoms with Gasteiger partial charge in [-0.15, -0.1) is 0 Å². The average molecular weight is 248 g/mol. The third-order valence-electron chi connectivity index (χ3n) is 2.31. The van der Waals surface area contributed by atoms with Crippen molar-refractivity contribution < 1.29 is 19.4 Å². The molecule has 0 unspecified atom stereocenters. The number of ether oxygens (including phenoxy) is 1. The fraction of sp³-hybridized carbons (Fsp3) is 0.167. The number of benzene rings is 1. The number of rotatable bonds is 3. The zero-order chi connectivity index (χ0) is 13.1. The average Bonchev–Trinajstić information content (AvgIpc) is 2.61. The van der Waals surface area contributed by atoms with Crippen LogP contribution in [0.1, 0.15) is 12.5 Å². The van der Waals surface area contributed by atoms with E-state index in [0.717, 1.165) is 0 Å². The second-order valence-corrected chi connectivity index (χ2v) is 3.63. The summed E-state index contributed by atoms with van der Waals surface area (Å²) in [5, 5.41) is 14.1. The molecule has 1 heterocycles. The zero-order valence-corrected chi connectivity index (χ0v) is 9.69. The number of hydrogen-bond acceptors (Lipinski definition) is 4. The van der Waals surface area contributed by atoms with Crippen LogP contribution in [0.3, 0.4) is 0 Å². The molecule has 2 rings (SSSR count). The molecule has 1 fully saturated rings. The van der Waals surface area contributed by atoms with Gasteiger partial charge in [0.05, 0.1) is 6.61 Å². The SMILES string of the molecule is CCOc1ccc(C=C2NC(=O)NC2=O)cc1O. The summed E-state index contributed by atoms with van der Waals surface area (Å²) in [7, 11) is 0. The molecule has 0 aliphatic carbocycles. The van der Waals surface area contributed by atoms with Crippen LogP contribution in [0.2, 0.25) is 0 Å².